The first kappa shape index (κ1) is 15.8. The Morgan fingerprint density at radius 1 is 1.32 bits per heavy atom. The minimum atomic E-state index is 0.0746. The Bertz CT molecular complexity index is 370. The van der Waals surface area contributed by atoms with Crippen LogP contribution in [0.15, 0.2) is 24.2 Å². The van der Waals surface area contributed by atoms with Crippen LogP contribution in [0.4, 0.5) is 0 Å². The second kappa shape index (κ2) is 6.75. The van der Waals surface area contributed by atoms with Crippen molar-refractivity contribution < 1.29 is 4.79 Å². The molecule has 0 saturated carbocycles. The summed E-state index contributed by atoms with van der Waals surface area (Å²) in [6.07, 6.45) is 4.54. The molecule has 0 spiro atoms. The second-order valence-electron chi connectivity index (χ2n) is 5.34. The van der Waals surface area contributed by atoms with Gasteiger partial charge < -0.3 is 9.80 Å². The zero-order chi connectivity index (χ0) is 14.6. The highest BCUT2D eigenvalue weighted by Gasteiger charge is 2.30. The fraction of sp³-hybridized carbons (Fsp3) is 0.667. The van der Waals surface area contributed by atoms with E-state index in [9.17, 15) is 4.79 Å². The Morgan fingerprint density at radius 2 is 1.89 bits per heavy atom. The molecule has 0 atom stereocenters. The summed E-state index contributed by atoms with van der Waals surface area (Å²) >= 11 is 0. The van der Waals surface area contributed by atoms with Crippen molar-refractivity contribution in [3.63, 3.8) is 0 Å². The van der Waals surface area contributed by atoms with Gasteiger partial charge in [-0.3, -0.25) is 9.69 Å². The first-order chi connectivity index (χ1) is 8.92. The van der Waals surface area contributed by atoms with Crippen molar-refractivity contribution in [2.24, 2.45) is 0 Å². The van der Waals surface area contributed by atoms with Crippen LogP contribution in [0.25, 0.3) is 0 Å². The molecule has 1 amide bonds. The van der Waals surface area contributed by atoms with Gasteiger partial charge >= 0.3 is 0 Å². The number of nitrogens with zero attached hydrogens (tertiary/aromatic N) is 3. The molecule has 0 saturated heterocycles. The molecular formula is C15H27N3O. The highest BCUT2D eigenvalue weighted by atomic mass is 16.2. The lowest BCUT2D eigenvalue weighted by atomic mass is 10.1. The van der Waals surface area contributed by atoms with Gasteiger partial charge in [-0.1, -0.05) is 20.4 Å². The van der Waals surface area contributed by atoms with E-state index in [2.05, 4.69) is 25.3 Å². The van der Waals surface area contributed by atoms with Gasteiger partial charge in [0.05, 0.1) is 0 Å². The third-order valence-corrected chi connectivity index (χ3v) is 3.75. The van der Waals surface area contributed by atoms with Gasteiger partial charge in [0.15, 0.2) is 0 Å². The molecule has 4 heteroatoms. The van der Waals surface area contributed by atoms with E-state index in [4.69, 9.17) is 0 Å². The summed E-state index contributed by atoms with van der Waals surface area (Å²) in [5.41, 5.74) is 1.05. The van der Waals surface area contributed by atoms with E-state index >= 15 is 0 Å². The third-order valence-electron chi connectivity index (χ3n) is 3.75. The summed E-state index contributed by atoms with van der Waals surface area (Å²) in [6.45, 7) is 9.25. The van der Waals surface area contributed by atoms with Crippen LogP contribution in [-0.2, 0) is 4.79 Å². The lowest BCUT2D eigenvalue weighted by Gasteiger charge is -2.40. The smallest absolute Gasteiger partial charge is 0.254 e. The maximum Gasteiger partial charge on any atom is 0.254 e. The van der Waals surface area contributed by atoms with Gasteiger partial charge in [0.1, 0.15) is 5.82 Å². The molecule has 19 heavy (non-hydrogen) atoms. The number of rotatable bonds is 6. The zero-order valence-corrected chi connectivity index (χ0v) is 12.9. The van der Waals surface area contributed by atoms with Crippen molar-refractivity contribution >= 4 is 5.91 Å². The summed E-state index contributed by atoms with van der Waals surface area (Å²) in [4.78, 5) is 18.3. The van der Waals surface area contributed by atoms with Gasteiger partial charge in [-0.05, 0) is 26.9 Å². The van der Waals surface area contributed by atoms with Crippen LogP contribution in [0, 0.1) is 0 Å². The molecule has 0 aromatic rings. The molecule has 0 unspecified atom stereocenters. The van der Waals surface area contributed by atoms with E-state index < -0.39 is 0 Å². The Kier molecular flexibility index (Phi) is 5.60. The first-order valence-electron chi connectivity index (χ1n) is 7.03. The monoisotopic (exact) mass is 265 g/mol. The summed E-state index contributed by atoms with van der Waals surface area (Å²) < 4.78 is 0. The van der Waals surface area contributed by atoms with Crippen LogP contribution in [0.3, 0.4) is 0 Å². The first-order valence-corrected chi connectivity index (χ1v) is 7.03. The number of amides is 1. The molecule has 1 heterocycles. The van der Waals surface area contributed by atoms with Gasteiger partial charge in [0.2, 0.25) is 0 Å². The van der Waals surface area contributed by atoms with E-state index in [1.54, 1.807) is 6.08 Å². The van der Waals surface area contributed by atoms with Gasteiger partial charge in [-0.2, -0.15) is 0 Å². The predicted octanol–water partition coefficient (Wildman–Crippen LogP) is 2.26. The van der Waals surface area contributed by atoms with Crippen LogP contribution in [0.5, 0.6) is 0 Å². The average Bonchev–Trinajstić information content (AvgIpc) is 2.37. The summed E-state index contributed by atoms with van der Waals surface area (Å²) in [5.74, 6) is 0.875. The molecule has 0 aliphatic carbocycles. The van der Waals surface area contributed by atoms with Crippen LogP contribution in [0.1, 0.15) is 33.1 Å². The minimum absolute atomic E-state index is 0.0746. The van der Waals surface area contributed by atoms with Crippen molar-refractivity contribution in [1.29, 1.82) is 0 Å². The predicted molar refractivity (Wildman–Crippen MR) is 79.4 cm³/mol. The lowest BCUT2D eigenvalue weighted by molar-refractivity contribution is -0.128. The quantitative estimate of drug-likeness (QED) is 0.737. The third kappa shape index (κ3) is 3.60. The van der Waals surface area contributed by atoms with E-state index in [0.29, 0.717) is 0 Å². The molecule has 4 nitrogen and oxygen atoms in total. The SMILES string of the molecule is C=C1N(C)C(CCN(C)C)=CC(=O)N1C(CC)CC. The summed E-state index contributed by atoms with van der Waals surface area (Å²) in [6, 6.07) is 0.245. The number of hydrogen-bond donors (Lipinski definition) is 0. The van der Waals surface area contributed by atoms with Crippen LogP contribution >= 0.6 is 0 Å². The van der Waals surface area contributed by atoms with Crippen molar-refractivity contribution in [3.05, 3.63) is 24.2 Å². The number of carbonyl (C=O) groups is 1. The largest absolute Gasteiger partial charge is 0.335 e. The summed E-state index contributed by atoms with van der Waals surface area (Å²) in [7, 11) is 6.07. The molecule has 0 aromatic heterocycles. The molecule has 0 bridgehead atoms. The summed E-state index contributed by atoms with van der Waals surface area (Å²) in [5, 5.41) is 0. The molecule has 1 rings (SSSR count). The van der Waals surface area contributed by atoms with Crippen LogP contribution in [-0.4, -0.2) is 54.3 Å². The molecule has 0 aromatic carbocycles. The molecular weight excluding hydrogens is 238 g/mol. The van der Waals surface area contributed by atoms with E-state index in [1.807, 2.05) is 30.9 Å². The van der Waals surface area contributed by atoms with Crippen LogP contribution < -0.4 is 0 Å². The molecule has 0 radical (unpaired) electrons. The van der Waals surface area contributed by atoms with Crippen molar-refractivity contribution in [3.8, 4) is 0 Å². The number of carbonyl (C=O) groups excluding carboxylic acids is 1. The van der Waals surface area contributed by atoms with E-state index in [0.717, 1.165) is 37.3 Å². The van der Waals surface area contributed by atoms with Gasteiger partial charge in [0, 0.05) is 37.8 Å². The average molecular weight is 265 g/mol. The second-order valence-corrected chi connectivity index (χ2v) is 5.34. The van der Waals surface area contributed by atoms with E-state index in [1.165, 1.54) is 0 Å². The highest BCUT2D eigenvalue weighted by molar-refractivity contribution is 5.91. The maximum absolute atomic E-state index is 12.3. The Labute approximate surface area is 117 Å². The minimum Gasteiger partial charge on any atom is -0.335 e. The molecule has 1 aliphatic heterocycles. The Hall–Kier alpha value is -1.29. The molecule has 0 N–H and O–H groups in total. The zero-order valence-electron chi connectivity index (χ0n) is 12.9. The topological polar surface area (TPSA) is 26.8 Å². The Balaban J connectivity index is 2.89. The fourth-order valence-corrected chi connectivity index (χ4v) is 2.39. The van der Waals surface area contributed by atoms with Gasteiger partial charge in [-0.25, -0.2) is 0 Å². The lowest BCUT2D eigenvalue weighted by Crippen LogP contribution is -2.46. The fourth-order valence-electron chi connectivity index (χ4n) is 2.39. The van der Waals surface area contributed by atoms with Gasteiger partial charge in [0.25, 0.3) is 5.91 Å². The van der Waals surface area contributed by atoms with Crippen molar-refractivity contribution in [2.75, 3.05) is 27.7 Å². The Morgan fingerprint density at radius 3 is 2.37 bits per heavy atom. The highest BCUT2D eigenvalue weighted by Crippen LogP contribution is 2.26. The molecule has 108 valence electrons. The van der Waals surface area contributed by atoms with Crippen LogP contribution in [0.2, 0.25) is 0 Å². The van der Waals surface area contributed by atoms with E-state index in [-0.39, 0.29) is 11.9 Å². The van der Waals surface area contributed by atoms with Gasteiger partial charge in [-0.15, -0.1) is 0 Å². The number of hydrogen-bond acceptors (Lipinski definition) is 3. The normalized spacial score (nSPS) is 16.7. The van der Waals surface area contributed by atoms with Crippen molar-refractivity contribution in [1.82, 2.24) is 14.7 Å². The standard InChI is InChI=1S/C15H27N3O/c1-7-13(8-2)18-12(3)17(6)14(11-15(18)19)9-10-16(4)5/h11,13H,3,7-10H2,1-2,4-6H3. The maximum atomic E-state index is 12.3. The molecule has 0 fully saturated rings. The van der Waals surface area contributed by atoms with Crippen molar-refractivity contribution in [2.45, 2.75) is 39.2 Å². The molecule has 1 aliphatic rings.